The number of nitrogens with one attached hydrogen (secondary N) is 3. The van der Waals surface area contributed by atoms with E-state index in [9.17, 15) is 4.79 Å². The first-order valence-corrected chi connectivity index (χ1v) is 9.87. The predicted octanol–water partition coefficient (Wildman–Crippen LogP) is 4.85. The number of nitrogens with zero attached hydrogens (tertiary/aromatic N) is 3. The third kappa shape index (κ3) is 5.86. The summed E-state index contributed by atoms with van der Waals surface area (Å²) in [6.07, 6.45) is 3.53. The van der Waals surface area contributed by atoms with E-state index in [0.29, 0.717) is 23.9 Å². The molecule has 2 aromatic carbocycles. The molecule has 2 aromatic heterocycles. The highest BCUT2D eigenvalue weighted by molar-refractivity contribution is 5.92. The van der Waals surface area contributed by atoms with E-state index in [2.05, 4.69) is 30.9 Å². The molecule has 0 spiro atoms. The summed E-state index contributed by atoms with van der Waals surface area (Å²) in [4.78, 5) is 25.0. The smallest absolute Gasteiger partial charge is 0.228 e. The molecule has 0 fully saturated rings. The minimum atomic E-state index is -0.0488. The molecule has 0 saturated carbocycles. The maximum atomic E-state index is 12.3. The number of hydrogen-bond donors (Lipinski definition) is 3. The fourth-order valence-electron chi connectivity index (χ4n) is 3.06. The molecule has 7 heteroatoms. The van der Waals surface area contributed by atoms with Crippen LogP contribution < -0.4 is 16.0 Å². The van der Waals surface area contributed by atoms with E-state index in [1.165, 1.54) is 6.33 Å². The van der Waals surface area contributed by atoms with Crippen LogP contribution in [0.4, 0.5) is 28.8 Å². The van der Waals surface area contributed by atoms with Crippen molar-refractivity contribution in [1.29, 1.82) is 0 Å². The van der Waals surface area contributed by atoms with Crippen LogP contribution in [0, 0.1) is 6.92 Å². The van der Waals surface area contributed by atoms with Gasteiger partial charge in [0.15, 0.2) is 0 Å². The van der Waals surface area contributed by atoms with Gasteiger partial charge in [0.05, 0.1) is 6.42 Å². The highest BCUT2D eigenvalue weighted by Gasteiger charge is 2.05. The van der Waals surface area contributed by atoms with Gasteiger partial charge in [-0.3, -0.25) is 4.79 Å². The second-order valence-electron chi connectivity index (χ2n) is 7.04. The average Bonchev–Trinajstić information content (AvgIpc) is 2.76. The van der Waals surface area contributed by atoms with Gasteiger partial charge in [-0.1, -0.05) is 35.9 Å². The lowest BCUT2D eigenvalue weighted by atomic mass is 10.1. The molecule has 3 N–H and O–H groups in total. The number of carbonyl (C=O) groups excluding carboxylic acids is 1. The number of carbonyl (C=O) groups is 1. The summed E-state index contributed by atoms with van der Waals surface area (Å²) in [5.74, 6) is 1.94. The Morgan fingerprint density at radius 3 is 2.29 bits per heavy atom. The van der Waals surface area contributed by atoms with Crippen molar-refractivity contribution in [3.8, 4) is 0 Å². The third-order valence-corrected chi connectivity index (χ3v) is 4.48. The van der Waals surface area contributed by atoms with Crippen molar-refractivity contribution in [1.82, 2.24) is 15.0 Å². The maximum absolute atomic E-state index is 12.3. The Balaban J connectivity index is 1.35. The van der Waals surface area contributed by atoms with E-state index < -0.39 is 0 Å². The minimum Gasteiger partial charge on any atom is -0.340 e. The largest absolute Gasteiger partial charge is 0.340 e. The van der Waals surface area contributed by atoms with Crippen LogP contribution >= 0.6 is 0 Å². The zero-order valence-corrected chi connectivity index (χ0v) is 17.0. The molecule has 4 aromatic rings. The molecule has 31 heavy (non-hydrogen) atoms. The van der Waals surface area contributed by atoms with Crippen LogP contribution in [0.15, 0.2) is 85.3 Å². The second-order valence-corrected chi connectivity index (χ2v) is 7.04. The van der Waals surface area contributed by atoms with E-state index in [1.54, 1.807) is 12.3 Å². The van der Waals surface area contributed by atoms with Gasteiger partial charge < -0.3 is 16.0 Å². The monoisotopic (exact) mass is 410 g/mol. The van der Waals surface area contributed by atoms with Gasteiger partial charge in [0.2, 0.25) is 5.91 Å². The first-order valence-electron chi connectivity index (χ1n) is 9.87. The second kappa shape index (κ2) is 9.49. The quantitative estimate of drug-likeness (QED) is 0.403. The Hall–Kier alpha value is -4.26. The number of aromatic nitrogens is 3. The zero-order chi connectivity index (χ0) is 21.5. The summed E-state index contributed by atoms with van der Waals surface area (Å²) in [6, 6.07) is 22.8. The van der Waals surface area contributed by atoms with Crippen LogP contribution in [-0.2, 0) is 11.2 Å². The van der Waals surface area contributed by atoms with Crippen LogP contribution in [0.25, 0.3) is 0 Å². The highest BCUT2D eigenvalue weighted by atomic mass is 16.1. The predicted molar refractivity (Wildman–Crippen MR) is 123 cm³/mol. The number of benzene rings is 2. The van der Waals surface area contributed by atoms with Crippen molar-refractivity contribution in [3.05, 3.63) is 96.4 Å². The molecule has 0 bridgehead atoms. The van der Waals surface area contributed by atoms with Gasteiger partial charge in [0.1, 0.15) is 23.8 Å². The molecular formula is C24H22N6O. The zero-order valence-electron chi connectivity index (χ0n) is 17.0. The van der Waals surface area contributed by atoms with Crippen molar-refractivity contribution in [2.45, 2.75) is 13.3 Å². The minimum absolute atomic E-state index is 0.0488. The third-order valence-electron chi connectivity index (χ3n) is 4.48. The number of pyridine rings is 1. The summed E-state index contributed by atoms with van der Waals surface area (Å²) in [7, 11) is 0. The van der Waals surface area contributed by atoms with Crippen LogP contribution in [0.5, 0.6) is 0 Å². The van der Waals surface area contributed by atoms with E-state index in [1.807, 2.05) is 73.7 Å². The van der Waals surface area contributed by atoms with Gasteiger partial charge in [-0.15, -0.1) is 0 Å². The van der Waals surface area contributed by atoms with E-state index in [-0.39, 0.29) is 5.91 Å². The first kappa shape index (κ1) is 20.0. The summed E-state index contributed by atoms with van der Waals surface area (Å²) in [6.45, 7) is 2.02. The van der Waals surface area contributed by atoms with Crippen molar-refractivity contribution < 1.29 is 4.79 Å². The first-order chi connectivity index (χ1) is 15.1. The summed E-state index contributed by atoms with van der Waals surface area (Å²) < 4.78 is 0. The molecule has 4 rings (SSSR count). The van der Waals surface area contributed by atoms with Gasteiger partial charge in [-0.25, -0.2) is 15.0 Å². The van der Waals surface area contributed by atoms with Gasteiger partial charge in [0, 0.05) is 23.6 Å². The number of rotatable bonds is 7. The van der Waals surface area contributed by atoms with Gasteiger partial charge in [-0.05, 0) is 48.9 Å². The lowest BCUT2D eigenvalue weighted by Crippen LogP contribution is -2.14. The van der Waals surface area contributed by atoms with Gasteiger partial charge in [0.25, 0.3) is 0 Å². The Bertz CT molecular complexity index is 1160. The molecular weight excluding hydrogens is 388 g/mol. The normalized spacial score (nSPS) is 10.4. The lowest BCUT2D eigenvalue weighted by Gasteiger charge is -2.10. The lowest BCUT2D eigenvalue weighted by molar-refractivity contribution is -0.115. The van der Waals surface area contributed by atoms with Gasteiger partial charge >= 0.3 is 0 Å². The summed E-state index contributed by atoms with van der Waals surface area (Å²) in [5, 5.41) is 9.29. The fraction of sp³-hybridized carbons (Fsp3) is 0.0833. The summed E-state index contributed by atoms with van der Waals surface area (Å²) in [5.41, 5.74) is 3.72. The van der Waals surface area contributed by atoms with Crippen molar-refractivity contribution in [3.63, 3.8) is 0 Å². The molecule has 0 unspecified atom stereocenters. The molecule has 154 valence electrons. The number of anilines is 5. The Kier molecular flexibility index (Phi) is 6.13. The standard InChI is InChI=1S/C24H22N6O/c1-17-5-4-6-18(13-17)14-24(31)29-20-10-8-19(9-11-20)28-22-15-23(27-16-26-22)30-21-7-2-3-12-25-21/h2-13,15-16H,14H2,1H3,(H,29,31)(H2,25,26,27,28,30). The number of amides is 1. The fourth-order valence-corrected chi connectivity index (χ4v) is 3.06. The molecule has 0 aliphatic heterocycles. The SMILES string of the molecule is Cc1cccc(CC(=O)Nc2ccc(Nc3cc(Nc4ccccn4)ncn3)cc2)c1. The Labute approximate surface area is 180 Å². The molecule has 0 aliphatic rings. The average molecular weight is 410 g/mol. The molecule has 1 amide bonds. The molecule has 0 saturated heterocycles. The number of hydrogen-bond acceptors (Lipinski definition) is 6. The Morgan fingerprint density at radius 2 is 1.55 bits per heavy atom. The van der Waals surface area contributed by atoms with Crippen LogP contribution in [0.1, 0.15) is 11.1 Å². The van der Waals surface area contributed by atoms with E-state index in [4.69, 9.17) is 0 Å². The molecule has 0 radical (unpaired) electrons. The number of aryl methyl sites for hydroxylation is 1. The summed E-state index contributed by atoms with van der Waals surface area (Å²) >= 11 is 0. The van der Waals surface area contributed by atoms with Crippen molar-refractivity contribution in [2.24, 2.45) is 0 Å². The van der Waals surface area contributed by atoms with E-state index in [0.717, 1.165) is 22.5 Å². The van der Waals surface area contributed by atoms with Crippen LogP contribution in [0.3, 0.4) is 0 Å². The topological polar surface area (TPSA) is 91.8 Å². The van der Waals surface area contributed by atoms with E-state index >= 15 is 0 Å². The maximum Gasteiger partial charge on any atom is 0.228 e. The molecule has 0 aliphatic carbocycles. The van der Waals surface area contributed by atoms with Crippen molar-refractivity contribution in [2.75, 3.05) is 16.0 Å². The molecule has 0 atom stereocenters. The van der Waals surface area contributed by atoms with Gasteiger partial charge in [-0.2, -0.15) is 0 Å². The highest BCUT2D eigenvalue weighted by Crippen LogP contribution is 2.20. The van der Waals surface area contributed by atoms with Crippen molar-refractivity contribution >= 4 is 34.7 Å². The van der Waals surface area contributed by atoms with Crippen LogP contribution in [0.2, 0.25) is 0 Å². The Morgan fingerprint density at radius 1 is 0.774 bits per heavy atom. The molecule has 2 heterocycles. The van der Waals surface area contributed by atoms with Crippen LogP contribution in [-0.4, -0.2) is 20.9 Å². The molecule has 7 nitrogen and oxygen atoms in total.